The number of rotatable bonds is 8. The van der Waals surface area contributed by atoms with Crippen LogP contribution in [0.1, 0.15) is 24.1 Å². The quantitative estimate of drug-likeness (QED) is 0.748. The average Bonchev–Trinajstić information content (AvgIpc) is 2.60. The van der Waals surface area contributed by atoms with E-state index in [1.165, 1.54) is 0 Å². The third-order valence-corrected chi connectivity index (χ3v) is 3.65. The van der Waals surface area contributed by atoms with Gasteiger partial charge in [0.15, 0.2) is 0 Å². The van der Waals surface area contributed by atoms with Crippen LogP contribution in [0, 0.1) is 0 Å². The molecule has 0 fully saturated rings. The van der Waals surface area contributed by atoms with Crippen LogP contribution in [0.15, 0.2) is 60.7 Å². The van der Waals surface area contributed by atoms with Crippen molar-refractivity contribution >= 4 is 5.97 Å². The van der Waals surface area contributed by atoms with E-state index >= 15 is 0 Å². The summed E-state index contributed by atoms with van der Waals surface area (Å²) >= 11 is 0. The number of hydrogen-bond acceptors (Lipinski definition) is 3. The van der Waals surface area contributed by atoms with E-state index in [0.717, 1.165) is 5.56 Å². The van der Waals surface area contributed by atoms with Crippen molar-refractivity contribution in [3.8, 4) is 0 Å². The van der Waals surface area contributed by atoms with Crippen molar-refractivity contribution in [3.05, 3.63) is 71.8 Å². The molecule has 2 unspecified atom stereocenters. The summed E-state index contributed by atoms with van der Waals surface area (Å²) in [4.78, 5) is 12.2. The zero-order chi connectivity index (χ0) is 17.4. The first-order chi connectivity index (χ1) is 11.6. The molecule has 0 aliphatic heterocycles. The molecular weight excluding hydrogens is 312 g/mol. The van der Waals surface area contributed by atoms with Gasteiger partial charge in [-0.05, 0) is 24.5 Å². The zero-order valence-corrected chi connectivity index (χ0v) is 13.5. The first kappa shape index (κ1) is 18.1. The summed E-state index contributed by atoms with van der Waals surface area (Å²) < 4.78 is 32.1. The molecule has 1 N–H and O–H groups in total. The molecule has 128 valence electrons. The lowest BCUT2D eigenvalue weighted by atomic mass is 10.0. The fourth-order valence-electron chi connectivity index (χ4n) is 2.49. The fraction of sp³-hybridized carbons (Fsp3) is 0.316. The van der Waals surface area contributed by atoms with Gasteiger partial charge >= 0.3 is 5.97 Å². The Morgan fingerprint density at radius 1 is 1.04 bits per heavy atom. The van der Waals surface area contributed by atoms with E-state index in [0.29, 0.717) is 5.56 Å². The Bertz CT molecular complexity index is 620. The van der Waals surface area contributed by atoms with E-state index < -0.39 is 24.5 Å². The van der Waals surface area contributed by atoms with Crippen LogP contribution in [0.4, 0.5) is 8.78 Å². The average molecular weight is 333 g/mol. The molecule has 0 radical (unpaired) electrons. The van der Waals surface area contributed by atoms with Crippen molar-refractivity contribution in [2.24, 2.45) is 0 Å². The Morgan fingerprint density at radius 3 is 2.17 bits per heavy atom. The number of ether oxygens (including phenoxy) is 1. The summed E-state index contributed by atoms with van der Waals surface area (Å²) in [6.45, 7) is 1.90. The van der Waals surface area contributed by atoms with Gasteiger partial charge in [-0.3, -0.25) is 10.1 Å². The highest BCUT2D eigenvalue weighted by Gasteiger charge is 2.29. The molecule has 2 aromatic carbocycles. The van der Waals surface area contributed by atoms with Gasteiger partial charge in [-0.15, -0.1) is 0 Å². The van der Waals surface area contributed by atoms with Crippen LogP contribution in [0.5, 0.6) is 0 Å². The molecule has 0 saturated heterocycles. The van der Waals surface area contributed by atoms with Crippen LogP contribution in [-0.2, 0) is 16.0 Å². The molecule has 0 aliphatic carbocycles. The molecule has 0 aromatic heterocycles. The highest BCUT2D eigenvalue weighted by molar-refractivity contribution is 5.76. The number of hydrogen-bond donors (Lipinski definition) is 1. The van der Waals surface area contributed by atoms with Crippen molar-refractivity contribution in [1.82, 2.24) is 5.32 Å². The maximum atomic E-state index is 13.5. The van der Waals surface area contributed by atoms with Crippen molar-refractivity contribution < 1.29 is 18.3 Å². The first-order valence-electron chi connectivity index (χ1n) is 7.91. The summed E-state index contributed by atoms with van der Waals surface area (Å²) in [5.41, 5.74) is 1.32. The van der Waals surface area contributed by atoms with E-state index in [2.05, 4.69) is 5.32 Å². The van der Waals surface area contributed by atoms with Crippen LogP contribution >= 0.6 is 0 Å². The molecule has 0 aliphatic rings. The SMILES string of the molecule is CCOC(=O)C(Cc1ccccc1)NC(c1ccccc1)C(F)F. The van der Waals surface area contributed by atoms with Crippen LogP contribution in [0.25, 0.3) is 0 Å². The summed E-state index contributed by atoms with van der Waals surface area (Å²) in [5.74, 6) is -0.525. The minimum Gasteiger partial charge on any atom is -0.465 e. The molecule has 24 heavy (non-hydrogen) atoms. The number of benzene rings is 2. The first-order valence-corrected chi connectivity index (χ1v) is 7.91. The summed E-state index contributed by atoms with van der Waals surface area (Å²) in [5, 5.41) is 2.78. The molecule has 0 bridgehead atoms. The normalized spacial score (nSPS) is 13.5. The van der Waals surface area contributed by atoms with Crippen LogP contribution < -0.4 is 5.32 Å². The van der Waals surface area contributed by atoms with Crippen LogP contribution in [0.3, 0.4) is 0 Å². The number of carbonyl (C=O) groups is 1. The smallest absolute Gasteiger partial charge is 0.323 e. The Kier molecular flexibility index (Phi) is 6.88. The van der Waals surface area contributed by atoms with Crippen molar-refractivity contribution in [2.45, 2.75) is 31.9 Å². The van der Waals surface area contributed by atoms with Gasteiger partial charge in [0, 0.05) is 0 Å². The van der Waals surface area contributed by atoms with Gasteiger partial charge in [-0.25, -0.2) is 8.78 Å². The number of alkyl halides is 2. The van der Waals surface area contributed by atoms with Gasteiger partial charge in [0.1, 0.15) is 6.04 Å². The summed E-state index contributed by atoms with van der Waals surface area (Å²) in [6, 6.07) is 15.6. The summed E-state index contributed by atoms with van der Waals surface area (Å²) in [7, 11) is 0. The van der Waals surface area contributed by atoms with E-state index in [1.54, 1.807) is 37.3 Å². The predicted molar refractivity (Wildman–Crippen MR) is 88.9 cm³/mol. The second-order valence-corrected chi connectivity index (χ2v) is 5.38. The lowest BCUT2D eigenvalue weighted by Crippen LogP contribution is -2.44. The fourth-order valence-corrected chi connectivity index (χ4v) is 2.49. The van der Waals surface area contributed by atoms with Gasteiger partial charge in [0.25, 0.3) is 6.43 Å². The topological polar surface area (TPSA) is 38.3 Å². The monoisotopic (exact) mass is 333 g/mol. The molecule has 0 heterocycles. The predicted octanol–water partition coefficient (Wildman–Crippen LogP) is 3.76. The van der Waals surface area contributed by atoms with E-state index in [-0.39, 0.29) is 13.0 Å². The van der Waals surface area contributed by atoms with Crippen molar-refractivity contribution in [3.63, 3.8) is 0 Å². The van der Waals surface area contributed by atoms with Crippen molar-refractivity contribution in [2.75, 3.05) is 6.61 Å². The van der Waals surface area contributed by atoms with Gasteiger partial charge in [-0.1, -0.05) is 60.7 Å². The minimum atomic E-state index is -2.64. The number of carbonyl (C=O) groups excluding carboxylic acids is 1. The van der Waals surface area contributed by atoms with Crippen molar-refractivity contribution in [1.29, 1.82) is 0 Å². The lowest BCUT2D eigenvalue weighted by molar-refractivity contribution is -0.146. The summed E-state index contributed by atoms with van der Waals surface area (Å²) in [6.07, 6.45) is -2.35. The van der Waals surface area contributed by atoms with Gasteiger partial charge in [-0.2, -0.15) is 0 Å². The number of nitrogens with one attached hydrogen (secondary N) is 1. The Hall–Kier alpha value is -2.27. The van der Waals surface area contributed by atoms with Gasteiger partial charge in [0.05, 0.1) is 12.6 Å². The molecule has 0 spiro atoms. The molecule has 2 aromatic rings. The maximum Gasteiger partial charge on any atom is 0.323 e. The van der Waals surface area contributed by atoms with E-state index in [1.807, 2.05) is 30.3 Å². The van der Waals surface area contributed by atoms with Gasteiger partial charge in [0.2, 0.25) is 0 Å². The third kappa shape index (κ3) is 5.13. The molecule has 2 rings (SSSR count). The molecule has 2 atom stereocenters. The molecular formula is C19H21F2NO2. The molecule has 0 amide bonds. The maximum absolute atomic E-state index is 13.5. The molecule has 5 heteroatoms. The molecule has 3 nitrogen and oxygen atoms in total. The zero-order valence-electron chi connectivity index (χ0n) is 13.5. The largest absolute Gasteiger partial charge is 0.465 e. The highest BCUT2D eigenvalue weighted by atomic mass is 19.3. The number of halogens is 2. The van der Waals surface area contributed by atoms with Gasteiger partial charge < -0.3 is 4.74 Å². The standard InChI is InChI=1S/C19H21F2NO2/c1-2-24-19(23)16(13-14-9-5-3-6-10-14)22-17(18(20)21)15-11-7-4-8-12-15/h3-12,16-18,22H,2,13H2,1H3. The lowest BCUT2D eigenvalue weighted by Gasteiger charge is -2.24. The number of esters is 1. The second kappa shape index (κ2) is 9.13. The second-order valence-electron chi connectivity index (χ2n) is 5.38. The van der Waals surface area contributed by atoms with Crippen LogP contribution in [0.2, 0.25) is 0 Å². The Morgan fingerprint density at radius 2 is 1.62 bits per heavy atom. The molecule has 0 saturated carbocycles. The van der Waals surface area contributed by atoms with E-state index in [9.17, 15) is 13.6 Å². The Labute approximate surface area is 140 Å². The van der Waals surface area contributed by atoms with Crippen LogP contribution in [-0.4, -0.2) is 25.0 Å². The Balaban J connectivity index is 2.20. The third-order valence-electron chi connectivity index (χ3n) is 3.65. The highest BCUT2D eigenvalue weighted by Crippen LogP contribution is 2.22. The van der Waals surface area contributed by atoms with E-state index in [4.69, 9.17) is 4.74 Å². The minimum absolute atomic E-state index is 0.205.